The van der Waals surface area contributed by atoms with Gasteiger partial charge in [-0.2, -0.15) is 0 Å². The standard InChI is InChI=1S/C22H21N5O3S2/c1-2-29-11-6-10-26-20(28)16-7-3-4-8-17(16)27-21(26)24-25-22(27)32-14-15-13-30-19(23-15)18-9-5-12-31-18/h3-5,7-9,12-13H,2,6,10-11,14H2,1H3. The van der Waals surface area contributed by atoms with E-state index in [1.807, 2.05) is 53.1 Å². The number of aromatic nitrogens is 5. The predicted octanol–water partition coefficient (Wildman–Crippen LogP) is 4.48. The maximum atomic E-state index is 13.1. The fourth-order valence-corrected chi connectivity index (χ4v) is 5.00. The molecule has 0 spiro atoms. The van der Waals surface area contributed by atoms with Crippen LogP contribution in [0.3, 0.4) is 0 Å². The van der Waals surface area contributed by atoms with Crippen LogP contribution in [0.5, 0.6) is 0 Å². The van der Waals surface area contributed by atoms with Crippen LogP contribution in [0.4, 0.5) is 0 Å². The molecule has 1 aromatic carbocycles. The molecule has 0 aliphatic carbocycles. The van der Waals surface area contributed by atoms with Crippen molar-refractivity contribution in [2.75, 3.05) is 13.2 Å². The summed E-state index contributed by atoms with van der Waals surface area (Å²) in [5.41, 5.74) is 1.55. The normalized spacial score (nSPS) is 11.7. The van der Waals surface area contributed by atoms with Gasteiger partial charge < -0.3 is 9.15 Å². The number of thioether (sulfide) groups is 1. The Morgan fingerprint density at radius 2 is 2.09 bits per heavy atom. The molecule has 0 aliphatic heterocycles. The van der Waals surface area contributed by atoms with E-state index >= 15 is 0 Å². The monoisotopic (exact) mass is 467 g/mol. The molecule has 0 N–H and O–H groups in total. The molecule has 10 heteroatoms. The second-order valence-electron chi connectivity index (χ2n) is 7.05. The van der Waals surface area contributed by atoms with Crippen LogP contribution in [-0.4, -0.2) is 37.4 Å². The highest BCUT2D eigenvalue weighted by atomic mass is 32.2. The van der Waals surface area contributed by atoms with Crippen molar-refractivity contribution >= 4 is 39.8 Å². The predicted molar refractivity (Wildman–Crippen MR) is 125 cm³/mol. The van der Waals surface area contributed by atoms with Crippen molar-refractivity contribution in [1.29, 1.82) is 0 Å². The third-order valence-electron chi connectivity index (χ3n) is 4.99. The summed E-state index contributed by atoms with van der Waals surface area (Å²) < 4.78 is 14.7. The van der Waals surface area contributed by atoms with E-state index in [1.54, 1.807) is 22.2 Å². The van der Waals surface area contributed by atoms with Crippen molar-refractivity contribution in [2.45, 2.75) is 30.8 Å². The molecule has 0 bridgehead atoms. The van der Waals surface area contributed by atoms with Crippen molar-refractivity contribution < 1.29 is 9.15 Å². The van der Waals surface area contributed by atoms with E-state index in [0.29, 0.717) is 47.7 Å². The molecule has 4 aromatic heterocycles. The van der Waals surface area contributed by atoms with Crippen LogP contribution in [0.25, 0.3) is 27.4 Å². The molecule has 5 rings (SSSR count). The van der Waals surface area contributed by atoms with Gasteiger partial charge in [0, 0.05) is 25.5 Å². The van der Waals surface area contributed by atoms with Gasteiger partial charge in [0.1, 0.15) is 6.26 Å². The second kappa shape index (κ2) is 9.27. The molecule has 0 unspecified atom stereocenters. The highest BCUT2D eigenvalue weighted by Gasteiger charge is 2.17. The first kappa shape index (κ1) is 20.9. The average Bonchev–Trinajstić information content (AvgIpc) is 3.58. The first-order valence-corrected chi connectivity index (χ1v) is 12.2. The molecule has 0 aliphatic rings. The van der Waals surface area contributed by atoms with Crippen LogP contribution in [0, 0.1) is 0 Å². The Balaban J connectivity index is 1.47. The molecule has 0 amide bonds. The number of para-hydroxylation sites is 1. The Labute approximate surface area is 191 Å². The zero-order chi connectivity index (χ0) is 21.9. The van der Waals surface area contributed by atoms with Gasteiger partial charge in [0.2, 0.25) is 11.7 Å². The van der Waals surface area contributed by atoms with Crippen LogP contribution < -0.4 is 5.56 Å². The maximum Gasteiger partial charge on any atom is 0.262 e. The molecule has 8 nitrogen and oxygen atoms in total. The fraction of sp³-hybridized carbons (Fsp3) is 0.273. The number of rotatable bonds is 9. The van der Waals surface area contributed by atoms with Gasteiger partial charge in [-0.05, 0) is 36.9 Å². The van der Waals surface area contributed by atoms with Gasteiger partial charge in [0.15, 0.2) is 5.16 Å². The van der Waals surface area contributed by atoms with E-state index in [2.05, 4.69) is 15.2 Å². The number of hydrogen-bond acceptors (Lipinski definition) is 8. The summed E-state index contributed by atoms with van der Waals surface area (Å²) in [6, 6.07) is 11.5. The fourth-order valence-electron chi connectivity index (χ4n) is 3.52. The number of thiophene rings is 1. The summed E-state index contributed by atoms with van der Waals surface area (Å²) in [6.45, 7) is 3.73. The largest absolute Gasteiger partial charge is 0.444 e. The highest BCUT2D eigenvalue weighted by molar-refractivity contribution is 7.98. The van der Waals surface area contributed by atoms with Gasteiger partial charge in [-0.1, -0.05) is 30.0 Å². The minimum absolute atomic E-state index is 0.0642. The molecule has 0 radical (unpaired) electrons. The lowest BCUT2D eigenvalue weighted by atomic mass is 10.2. The minimum atomic E-state index is -0.0642. The van der Waals surface area contributed by atoms with Crippen LogP contribution in [0.15, 0.2) is 62.4 Å². The zero-order valence-electron chi connectivity index (χ0n) is 17.4. The van der Waals surface area contributed by atoms with Crippen LogP contribution >= 0.6 is 23.1 Å². The maximum absolute atomic E-state index is 13.1. The van der Waals surface area contributed by atoms with E-state index in [4.69, 9.17) is 9.15 Å². The highest BCUT2D eigenvalue weighted by Crippen LogP contribution is 2.28. The molecule has 164 valence electrons. The van der Waals surface area contributed by atoms with Crippen molar-refractivity contribution in [3.63, 3.8) is 0 Å². The number of oxazole rings is 1. The Hall–Kier alpha value is -2.95. The number of fused-ring (bicyclic) bond motifs is 3. The lowest BCUT2D eigenvalue weighted by molar-refractivity contribution is 0.141. The average molecular weight is 468 g/mol. The van der Waals surface area contributed by atoms with Gasteiger partial charge in [-0.15, -0.1) is 21.5 Å². The molecular formula is C22H21N5O3S2. The molecule has 5 aromatic rings. The Kier molecular flexibility index (Phi) is 6.06. The van der Waals surface area contributed by atoms with Gasteiger partial charge in [0.05, 0.1) is 21.5 Å². The van der Waals surface area contributed by atoms with E-state index < -0.39 is 0 Å². The van der Waals surface area contributed by atoms with Gasteiger partial charge in [-0.25, -0.2) is 4.98 Å². The smallest absolute Gasteiger partial charge is 0.262 e. The molecule has 0 saturated heterocycles. The number of aryl methyl sites for hydroxylation is 1. The minimum Gasteiger partial charge on any atom is -0.444 e. The Morgan fingerprint density at radius 1 is 1.19 bits per heavy atom. The topological polar surface area (TPSA) is 87.5 Å². The van der Waals surface area contributed by atoms with E-state index in [0.717, 1.165) is 22.5 Å². The lowest BCUT2D eigenvalue weighted by Crippen LogP contribution is -2.24. The molecule has 32 heavy (non-hydrogen) atoms. The second-order valence-corrected chi connectivity index (χ2v) is 8.94. The first-order valence-electron chi connectivity index (χ1n) is 10.3. The van der Waals surface area contributed by atoms with Crippen LogP contribution in [-0.2, 0) is 17.0 Å². The Morgan fingerprint density at radius 3 is 2.94 bits per heavy atom. The van der Waals surface area contributed by atoms with E-state index in [1.165, 1.54) is 11.8 Å². The van der Waals surface area contributed by atoms with Crippen molar-refractivity contribution in [3.8, 4) is 10.8 Å². The summed E-state index contributed by atoms with van der Waals surface area (Å²) in [7, 11) is 0. The van der Waals surface area contributed by atoms with Crippen molar-refractivity contribution in [3.05, 3.63) is 64.1 Å². The summed E-state index contributed by atoms with van der Waals surface area (Å²) in [4.78, 5) is 18.7. The SMILES string of the molecule is CCOCCCn1c(=O)c2ccccc2n2c(SCc3coc(-c4cccs4)n3)nnc12. The third kappa shape index (κ3) is 3.96. The quantitative estimate of drug-likeness (QED) is 0.233. The lowest BCUT2D eigenvalue weighted by Gasteiger charge is -2.11. The number of nitrogens with zero attached hydrogens (tertiary/aromatic N) is 5. The van der Waals surface area contributed by atoms with Crippen LogP contribution in [0.2, 0.25) is 0 Å². The van der Waals surface area contributed by atoms with Crippen LogP contribution in [0.1, 0.15) is 19.0 Å². The van der Waals surface area contributed by atoms with Gasteiger partial charge in [0.25, 0.3) is 5.56 Å². The summed E-state index contributed by atoms with van der Waals surface area (Å²) >= 11 is 3.10. The zero-order valence-corrected chi connectivity index (χ0v) is 19.1. The molecular weight excluding hydrogens is 446 g/mol. The van der Waals surface area contributed by atoms with E-state index in [-0.39, 0.29) is 5.56 Å². The number of ether oxygens (including phenoxy) is 1. The molecule has 0 atom stereocenters. The Bertz CT molecular complexity index is 1400. The first-order chi connectivity index (χ1) is 15.8. The summed E-state index contributed by atoms with van der Waals surface area (Å²) in [6.07, 6.45) is 2.40. The van der Waals surface area contributed by atoms with Crippen molar-refractivity contribution in [1.82, 2.24) is 24.1 Å². The third-order valence-corrected chi connectivity index (χ3v) is 6.81. The van der Waals surface area contributed by atoms with Crippen molar-refractivity contribution in [2.24, 2.45) is 0 Å². The number of benzene rings is 1. The summed E-state index contributed by atoms with van der Waals surface area (Å²) in [5, 5.41) is 12.1. The van der Waals surface area contributed by atoms with Gasteiger partial charge in [-0.3, -0.25) is 13.8 Å². The molecule has 0 fully saturated rings. The summed E-state index contributed by atoms with van der Waals surface area (Å²) in [5.74, 6) is 1.73. The van der Waals surface area contributed by atoms with E-state index in [9.17, 15) is 4.79 Å². The number of hydrogen-bond donors (Lipinski definition) is 0. The molecule has 0 saturated carbocycles. The molecule has 4 heterocycles. The van der Waals surface area contributed by atoms with Gasteiger partial charge >= 0.3 is 0 Å².